The van der Waals surface area contributed by atoms with Gasteiger partial charge in [-0.1, -0.05) is 0 Å². The van der Waals surface area contributed by atoms with E-state index in [1.165, 1.54) is 16.7 Å². The van der Waals surface area contributed by atoms with Gasteiger partial charge in [0.25, 0.3) is 0 Å². The summed E-state index contributed by atoms with van der Waals surface area (Å²) in [5.41, 5.74) is 0.324. The van der Waals surface area contributed by atoms with Crippen LogP contribution in [0.2, 0.25) is 0 Å². The first-order valence-corrected chi connectivity index (χ1v) is 5.86. The van der Waals surface area contributed by atoms with Crippen LogP contribution < -0.4 is 5.69 Å². The predicted molar refractivity (Wildman–Crippen MR) is 62.4 cm³/mol. The van der Waals surface area contributed by atoms with Crippen LogP contribution in [0.1, 0.15) is 24.4 Å². The molecule has 1 aromatic heterocycles. The van der Waals surface area contributed by atoms with Gasteiger partial charge in [-0.25, -0.2) is 13.6 Å². The smallest absolute Gasteiger partial charge is 0.296 e. The molecule has 0 amide bonds. The molecule has 1 aromatic carbocycles. The molecular formula is C13H12F2N2O. The standard InChI is InChI=1S/C13H12F2N2O/c14-10-5-9(6-11(15)7-10)8-16-3-4-17(13(16)18)12-1-2-12/h3-7,12H,1-2,8H2. The van der Waals surface area contributed by atoms with E-state index in [-0.39, 0.29) is 12.2 Å². The summed E-state index contributed by atoms with van der Waals surface area (Å²) in [6.07, 6.45) is 5.44. The van der Waals surface area contributed by atoms with Crippen LogP contribution in [0.5, 0.6) is 0 Å². The highest BCUT2D eigenvalue weighted by Crippen LogP contribution is 2.33. The number of nitrogens with zero attached hydrogens (tertiary/aromatic N) is 2. The minimum atomic E-state index is -0.625. The van der Waals surface area contributed by atoms with Crippen LogP contribution in [-0.4, -0.2) is 9.13 Å². The normalized spacial score (nSPS) is 15.0. The van der Waals surface area contributed by atoms with E-state index in [1.807, 2.05) is 0 Å². The first kappa shape index (κ1) is 11.2. The zero-order valence-electron chi connectivity index (χ0n) is 9.64. The predicted octanol–water partition coefficient (Wildman–Crippen LogP) is 2.31. The van der Waals surface area contributed by atoms with Gasteiger partial charge in [-0.2, -0.15) is 0 Å². The lowest BCUT2D eigenvalue weighted by molar-refractivity contribution is 0.575. The number of rotatable bonds is 3. The van der Waals surface area contributed by atoms with Gasteiger partial charge in [0.2, 0.25) is 0 Å². The Balaban J connectivity index is 1.89. The fourth-order valence-electron chi connectivity index (χ4n) is 2.08. The average molecular weight is 250 g/mol. The molecule has 0 saturated heterocycles. The molecule has 0 unspecified atom stereocenters. The Morgan fingerprint density at radius 1 is 1.11 bits per heavy atom. The fourth-order valence-corrected chi connectivity index (χ4v) is 2.08. The molecule has 1 aliphatic carbocycles. The second kappa shape index (κ2) is 4.08. The lowest BCUT2D eigenvalue weighted by atomic mass is 10.2. The molecule has 3 rings (SSSR count). The molecule has 2 aromatic rings. The molecule has 1 fully saturated rings. The van der Waals surface area contributed by atoms with E-state index in [4.69, 9.17) is 0 Å². The van der Waals surface area contributed by atoms with E-state index < -0.39 is 11.6 Å². The number of halogens is 2. The third kappa shape index (κ3) is 2.08. The Morgan fingerprint density at radius 2 is 1.78 bits per heavy atom. The molecule has 3 nitrogen and oxygen atoms in total. The third-order valence-electron chi connectivity index (χ3n) is 3.09. The highest BCUT2D eigenvalue weighted by Gasteiger charge is 2.25. The molecule has 0 atom stereocenters. The Labute approximate surface area is 102 Å². The highest BCUT2D eigenvalue weighted by molar-refractivity contribution is 5.18. The molecule has 5 heteroatoms. The third-order valence-corrected chi connectivity index (χ3v) is 3.09. The summed E-state index contributed by atoms with van der Waals surface area (Å²) < 4.78 is 29.2. The first-order chi connectivity index (χ1) is 8.63. The van der Waals surface area contributed by atoms with E-state index in [0.29, 0.717) is 11.6 Å². The van der Waals surface area contributed by atoms with Gasteiger partial charge in [-0.3, -0.25) is 9.13 Å². The van der Waals surface area contributed by atoms with Crippen molar-refractivity contribution >= 4 is 0 Å². The largest absolute Gasteiger partial charge is 0.328 e. The number of aromatic nitrogens is 2. The van der Waals surface area contributed by atoms with Crippen molar-refractivity contribution in [1.29, 1.82) is 0 Å². The molecular weight excluding hydrogens is 238 g/mol. The minimum absolute atomic E-state index is 0.123. The molecule has 1 aliphatic rings. The van der Waals surface area contributed by atoms with E-state index in [0.717, 1.165) is 18.9 Å². The van der Waals surface area contributed by atoms with Crippen molar-refractivity contribution in [3.63, 3.8) is 0 Å². The first-order valence-electron chi connectivity index (χ1n) is 5.86. The molecule has 0 bridgehead atoms. The lowest BCUT2D eigenvalue weighted by Gasteiger charge is -2.03. The summed E-state index contributed by atoms with van der Waals surface area (Å²) in [5.74, 6) is -1.25. The average Bonchev–Trinajstić information content (AvgIpc) is 3.05. The summed E-state index contributed by atoms with van der Waals surface area (Å²) in [5, 5.41) is 0. The van der Waals surface area contributed by atoms with Crippen molar-refractivity contribution in [3.05, 3.63) is 58.3 Å². The van der Waals surface area contributed by atoms with Crippen molar-refractivity contribution < 1.29 is 8.78 Å². The number of hydrogen-bond donors (Lipinski definition) is 0. The van der Waals surface area contributed by atoms with Crippen molar-refractivity contribution in [2.45, 2.75) is 25.4 Å². The second-order valence-corrected chi connectivity index (χ2v) is 4.62. The molecule has 1 heterocycles. The van der Waals surface area contributed by atoms with Crippen LogP contribution in [-0.2, 0) is 6.54 Å². The topological polar surface area (TPSA) is 26.9 Å². The number of benzene rings is 1. The van der Waals surface area contributed by atoms with Gasteiger partial charge in [0.1, 0.15) is 11.6 Å². The molecule has 0 aliphatic heterocycles. The van der Waals surface area contributed by atoms with Gasteiger partial charge >= 0.3 is 5.69 Å². The maximum Gasteiger partial charge on any atom is 0.328 e. The van der Waals surface area contributed by atoms with E-state index in [1.54, 1.807) is 17.0 Å². The van der Waals surface area contributed by atoms with Crippen molar-refractivity contribution in [2.24, 2.45) is 0 Å². The zero-order chi connectivity index (χ0) is 12.7. The molecule has 0 radical (unpaired) electrons. The molecule has 94 valence electrons. The monoisotopic (exact) mass is 250 g/mol. The van der Waals surface area contributed by atoms with Gasteiger partial charge in [0, 0.05) is 24.5 Å². The quantitative estimate of drug-likeness (QED) is 0.821. The van der Waals surface area contributed by atoms with Crippen LogP contribution in [0.4, 0.5) is 8.78 Å². The highest BCUT2D eigenvalue weighted by atomic mass is 19.1. The van der Waals surface area contributed by atoms with Crippen LogP contribution in [0.3, 0.4) is 0 Å². The Hall–Kier alpha value is -1.91. The minimum Gasteiger partial charge on any atom is -0.296 e. The second-order valence-electron chi connectivity index (χ2n) is 4.62. The summed E-state index contributed by atoms with van der Waals surface area (Å²) in [6.45, 7) is 0.188. The summed E-state index contributed by atoms with van der Waals surface area (Å²) in [4.78, 5) is 12.0. The Morgan fingerprint density at radius 3 is 2.39 bits per heavy atom. The zero-order valence-corrected chi connectivity index (χ0v) is 9.64. The van der Waals surface area contributed by atoms with E-state index in [2.05, 4.69) is 0 Å². The van der Waals surface area contributed by atoms with Gasteiger partial charge < -0.3 is 0 Å². The van der Waals surface area contributed by atoms with Crippen LogP contribution >= 0.6 is 0 Å². The van der Waals surface area contributed by atoms with Gasteiger partial charge in [0.15, 0.2) is 0 Å². The van der Waals surface area contributed by atoms with Crippen molar-refractivity contribution in [3.8, 4) is 0 Å². The van der Waals surface area contributed by atoms with E-state index in [9.17, 15) is 13.6 Å². The van der Waals surface area contributed by atoms with Gasteiger partial charge in [0.05, 0.1) is 6.54 Å². The number of hydrogen-bond acceptors (Lipinski definition) is 1. The summed E-state index contributed by atoms with van der Waals surface area (Å²) in [6, 6.07) is 3.61. The summed E-state index contributed by atoms with van der Waals surface area (Å²) in [7, 11) is 0. The molecule has 0 spiro atoms. The Kier molecular flexibility index (Phi) is 2.54. The van der Waals surface area contributed by atoms with Crippen molar-refractivity contribution in [1.82, 2.24) is 9.13 Å². The molecule has 0 N–H and O–H groups in total. The van der Waals surface area contributed by atoms with Crippen LogP contribution in [0.25, 0.3) is 0 Å². The van der Waals surface area contributed by atoms with Gasteiger partial charge in [-0.15, -0.1) is 0 Å². The van der Waals surface area contributed by atoms with Crippen molar-refractivity contribution in [2.75, 3.05) is 0 Å². The maximum atomic E-state index is 13.0. The van der Waals surface area contributed by atoms with Gasteiger partial charge in [-0.05, 0) is 30.5 Å². The van der Waals surface area contributed by atoms with E-state index >= 15 is 0 Å². The Bertz CT molecular complexity index is 620. The number of imidazole rings is 1. The summed E-state index contributed by atoms with van der Waals surface area (Å²) >= 11 is 0. The lowest BCUT2D eigenvalue weighted by Crippen LogP contribution is -2.23. The molecule has 18 heavy (non-hydrogen) atoms. The van der Waals surface area contributed by atoms with Crippen LogP contribution in [0, 0.1) is 11.6 Å². The fraction of sp³-hybridized carbons (Fsp3) is 0.308. The van der Waals surface area contributed by atoms with Crippen LogP contribution in [0.15, 0.2) is 35.4 Å². The SMILES string of the molecule is O=c1n(Cc2cc(F)cc(F)c2)ccn1C1CC1. The molecule has 1 saturated carbocycles. The maximum absolute atomic E-state index is 13.0.